The fourth-order valence-corrected chi connectivity index (χ4v) is 1.24. The van der Waals surface area contributed by atoms with E-state index >= 15 is 0 Å². The Labute approximate surface area is 82.5 Å². The largest absolute Gasteiger partial charge is 0.380 e. The van der Waals surface area contributed by atoms with Crippen LogP contribution in [0, 0.1) is 0 Å². The molecule has 78 valence electrons. The monoisotopic (exact) mass is 197 g/mol. The van der Waals surface area contributed by atoms with Crippen LogP contribution in [0.4, 0.5) is 0 Å². The van der Waals surface area contributed by atoms with Crippen LogP contribution in [0.2, 0.25) is 0 Å². The Morgan fingerprint density at radius 2 is 2.36 bits per heavy atom. The Balaban J connectivity index is 2.16. The Bertz CT molecular complexity index is 318. The van der Waals surface area contributed by atoms with Gasteiger partial charge in [0.25, 0.3) is 5.89 Å². The minimum atomic E-state index is -0.998. The molecule has 0 aromatic carbocycles. The van der Waals surface area contributed by atoms with Crippen molar-refractivity contribution in [2.75, 3.05) is 13.1 Å². The molecule has 14 heavy (non-hydrogen) atoms. The summed E-state index contributed by atoms with van der Waals surface area (Å²) in [5, 5.41) is 16.9. The molecule has 1 unspecified atom stereocenters. The first kappa shape index (κ1) is 9.61. The lowest BCUT2D eigenvalue weighted by atomic mass is 10.0. The van der Waals surface area contributed by atoms with Crippen molar-refractivity contribution >= 4 is 0 Å². The quantitative estimate of drug-likeness (QED) is 0.732. The zero-order valence-electron chi connectivity index (χ0n) is 8.45. The summed E-state index contributed by atoms with van der Waals surface area (Å²) < 4.78 is 5.04. The van der Waals surface area contributed by atoms with Crippen LogP contribution in [-0.2, 0) is 5.60 Å². The van der Waals surface area contributed by atoms with Crippen molar-refractivity contribution in [2.45, 2.75) is 31.8 Å². The number of nitrogens with one attached hydrogen (secondary N) is 1. The molecule has 1 atom stereocenters. The second-order valence-corrected chi connectivity index (χ2v) is 3.94. The molecule has 2 N–H and O–H groups in total. The number of aliphatic hydroxyl groups is 1. The molecule has 0 radical (unpaired) electrons. The fraction of sp³-hybridized carbons (Fsp3) is 0.778. The topological polar surface area (TPSA) is 71.2 Å². The van der Waals surface area contributed by atoms with Crippen molar-refractivity contribution in [1.82, 2.24) is 15.5 Å². The van der Waals surface area contributed by atoms with Crippen molar-refractivity contribution in [1.29, 1.82) is 0 Å². The summed E-state index contributed by atoms with van der Waals surface area (Å²) in [7, 11) is 0. The lowest BCUT2D eigenvalue weighted by Gasteiger charge is -2.23. The second kappa shape index (κ2) is 3.33. The Hall–Kier alpha value is -0.940. The van der Waals surface area contributed by atoms with E-state index in [1.165, 1.54) is 0 Å². The van der Waals surface area contributed by atoms with Gasteiger partial charge in [-0.15, -0.1) is 0 Å². The molecular formula is C9H15N3O2. The van der Waals surface area contributed by atoms with Gasteiger partial charge in [-0.1, -0.05) is 12.1 Å². The molecule has 0 aliphatic carbocycles. The normalized spacial score (nSPS) is 21.6. The predicted molar refractivity (Wildman–Crippen MR) is 49.8 cm³/mol. The SMILES string of the molecule is CCC(C)(O)c1nc(C2CNC2)no1. The standard InChI is InChI=1S/C9H15N3O2/c1-3-9(2,13)8-11-7(12-14-8)6-4-10-5-6/h6,10,13H,3-5H2,1-2H3. The van der Waals surface area contributed by atoms with Crippen LogP contribution < -0.4 is 5.32 Å². The van der Waals surface area contributed by atoms with Crippen LogP contribution in [0.5, 0.6) is 0 Å². The summed E-state index contributed by atoms with van der Waals surface area (Å²) in [5.41, 5.74) is -0.998. The van der Waals surface area contributed by atoms with Crippen LogP contribution >= 0.6 is 0 Å². The van der Waals surface area contributed by atoms with Gasteiger partial charge in [-0.3, -0.25) is 0 Å². The van der Waals surface area contributed by atoms with Gasteiger partial charge >= 0.3 is 0 Å². The molecule has 5 nitrogen and oxygen atoms in total. The van der Waals surface area contributed by atoms with E-state index < -0.39 is 5.60 Å². The summed E-state index contributed by atoms with van der Waals surface area (Å²) in [6, 6.07) is 0. The zero-order valence-corrected chi connectivity index (χ0v) is 8.45. The third-order valence-corrected chi connectivity index (χ3v) is 2.74. The molecule has 1 aromatic heterocycles. The zero-order chi connectivity index (χ0) is 10.2. The average Bonchev–Trinajstić information content (AvgIpc) is 2.51. The maximum atomic E-state index is 9.87. The Morgan fingerprint density at radius 3 is 2.86 bits per heavy atom. The van der Waals surface area contributed by atoms with Gasteiger partial charge in [0, 0.05) is 19.0 Å². The van der Waals surface area contributed by atoms with E-state index in [2.05, 4.69) is 15.5 Å². The van der Waals surface area contributed by atoms with Gasteiger partial charge in [0.15, 0.2) is 5.82 Å². The number of aromatic nitrogens is 2. The third-order valence-electron chi connectivity index (χ3n) is 2.74. The highest BCUT2D eigenvalue weighted by atomic mass is 16.5. The Kier molecular flexibility index (Phi) is 2.28. The van der Waals surface area contributed by atoms with E-state index in [-0.39, 0.29) is 0 Å². The molecule has 1 aliphatic heterocycles. The van der Waals surface area contributed by atoms with E-state index in [1.807, 2.05) is 6.92 Å². The molecule has 5 heteroatoms. The summed E-state index contributed by atoms with van der Waals surface area (Å²) in [6.45, 7) is 5.36. The maximum absolute atomic E-state index is 9.87. The van der Waals surface area contributed by atoms with Gasteiger partial charge in [-0.2, -0.15) is 4.98 Å². The first-order valence-corrected chi connectivity index (χ1v) is 4.90. The van der Waals surface area contributed by atoms with Gasteiger partial charge in [-0.05, 0) is 13.3 Å². The first-order valence-electron chi connectivity index (χ1n) is 4.90. The lowest BCUT2D eigenvalue weighted by molar-refractivity contribution is 0.0191. The highest BCUT2D eigenvalue weighted by Crippen LogP contribution is 2.24. The predicted octanol–water partition coefficient (Wildman–Crippen LogP) is 0.374. The minimum absolute atomic E-state index is 0.321. The van der Waals surface area contributed by atoms with E-state index in [9.17, 15) is 5.11 Å². The lowest BCUT2D eigenvalue weighted by Crippen LogP contribution is -2.40. The van der Waals surface area contributed by atoms with Crippen LogP contribution in [-0.4, -0.2) is 28.3 Å². The van der Waals surface area contributed by atoms with Crippen molar-refractivity contribution in [3.8, 4) is 0 Å². The second-order valence-electron chi connectivity index (χ2n) is 3.94. The first-order chi connectivity index (χ1) is 6.63. The molecule has 2 heterocycles. The number of hydrogen-bond acceptors (Lipinski definition) is 5. The van der Waals surface area contributed by atoms with Gasteiger partial charge < -0.3 is 14.9 Å². The van der Waals surface area contributed by atoms with E-state index in [0.717, 1.165) is 13.1 Å². The molecule has 0 bridgehead atoms. The molecule has 0 saturated carbocycles. The van der Waals surface area contributed by atoms with Crippen molar-refractivity contribution in [2.24, 2.45) is 0 Å². The number of hydrogen-bond donors (Lipinski definition) is 2. The fourth-order valence-electron chi connectivity index (χ4n) is 1.24. The van der Waals surface area contributed by atoms with E-state index in [4.69, 9.17) is 4.52 Å². The maximum Gasteiger partial charge on any atom is 0.258 e. The molecule has 2 rings (SSSR count). The Morgan fingerprint density at radius 1 is 1.64 bits per heavy atom. The smallest absolute Gasteiger partial charge is 0.258 e. The summed E-state index contributed by atoms with van der Waals surface area (Å²) in [4.78, 5) is 4.21. The minimum Gasteiger partial charge on any atom is -0.380 e. The molecule has 1 fully saturated rings. The molecule has 0 spiro atoms. The van der Waals surface area contributed by atoms with Gasteiger partial charge in [0.1, 0.15) is 5.60 Å². The van der Waals surface area contributed by atoms with E-state index in [0.29, 0.717) is 24.1 Å². The highest BCUT2D eigenvalue weighted by Gasteiger charge is 2.31. The van der Waals surface area contributed by atoms with Crippen LogP contribution in [0.3, 0.4) is 0 Å². The van der Waals surface area contributed by atoms with Crippen LogP contribution in [0.25, 0.3) is 0 Å². The number of rotatable bonds is 3. The van der Waals surface area contributed by atoms with Gasteiger partial charge in [0.05, 0.1) is 0 Å². The van der Waals surface area contributed by atoms with Crippen molar-refractivity contribution in [3.63, 3.8) is 0 Å². The van der Waals surface area contributed by atoms with Gasteiger partial charge in [0.2, 0.25) is 0 Å². The third kappa shape index (κ3) is 1.53. The summed E-state index contributed by atoms with van der Waals surface area (Å²) in [6.07, 6.45) is 0.567. The van der Waals surface area contributed by atoms with Crippen molar-refractivity contribution in [3.05, 3.63) is 11.7 Å². The molecule has 1 aromatic rings. The van der Waals surface area contributed by atoms with Crippen LogP contribution in [0.1, 0.15) is 37.9 Å². The molecule has 1 saturated heterocycles. The molecule has 0 amide bonds. The summed E-state index contributed by atoms with van der Waals surface area (Å²) >= 11 is 0. The number of nitrogens with zero attached hydrogens (tertiary/aromatic N) is 2. The highest BCUT2D eigenvalue weighted by molar-refractivity contribution is 5.05. The average molecular weight is 197 g/mol. The van der Waals surface area contributed by atoms with Crippen LogP contribution in [0.15, 0.2) is 4.52 Å². The molecule has 1 aliphatic rings. The van der Waals surface area contributed by atoms with E-state index in [1.54, 1.807) is 6.92 Å². The molecular weight excluding hydrogens is 182 g/mol. The summed E-state index contributed by atoms with van der Waals surface area (Å²) in [5.74, 6) is 1.37. The van der Waals surface area contributed by atoms with Gasteiger partial charge in [-0.25, -0.2) is 0 Å². The van der Waals surface area contributed by atoms with Crippen molar-refractivity contribution < 1.29 is 9.63 Å².